The molecule has 1 fully saturated rings. The summed E-state index contributed by atoms with van der Waals surface area (Å²) in [5.74, 6) is 1.34. The van der Waals surface area contributed by atoms with E-state index in [4.69, 9.17) is 0 Å². The lowest BCUT2D eigenvalue weighted by atomic mass is 9.76. The monoisotopic (exact) mass is 362 g/mol. The molecule has 1 aliphatic rings. The average Bonchev–Trinajstić information content (AvgIpc) is 3.25. The van der Waals surface area contributed by atoms with E-state index in [2.05, 4.69) is 54.1 Å². The number of carbonyl (C=O) groups excluding carboxylic acids is 1. The van der Waals surface area contributed by atoms with Crippen LogP contribution in [0.15, 0.2) is 17.5 Å². The summed E-state index contributed by atoms with van der Waals surface area (Å²) in [6.45, 7) is 8.50. The van der Waals surface area contributed by atoms with Crippen LogP contribution in [-0.2, 0) is 11.1 Å². The Balaban J connectivity index is 1.87. The van der Waals surface area contributed by atoms with Crippen molar-refractivity contribution >= 4 is 17.2 Å². The van der Waals surface area contributed by atoms with E-state index in [9.17, 15) is 4.79 Å². The van der Waals surface area contributed by atoms with Crippen molar-refractivity contribution in [3.05, 3.63) is 28.2 Å². The fourth-order valence-corrected chi connectivity index (χ4v) is 3.86. The number of hydrogen-bond donors (Lipinski definition) is 2. The van der Waals surface area contributed by atoms with Gasteiger partial charge in [-0.05, 0) is 74.2 Å². The van der Waals surface area contributed by atoms with E-state index in [0.29, 0.717) is 10.8 Å². The summed E-state index contributed by atoms with van der Waals surface area (Å²) >= 11 is 1.42. The number of rotatable bonds is 4. The van der Waals surface area contributed by atoms with E-state index in [1.807, 2.05) is 22.2 Å². The van der Waals surface area contributed by atoms with Crippen molar-refractivity contribution in [2.24, 2.45) is 5.92 Å². The molecule has 8 heteroatoms. The lowest BCUT2D eigenvalue weighted by molar-refractivity contribution is 0.0854. The molecule has 0 atom stereocenters. The number of aromatic nitrogens is 4. The molecule has 25 heavy (non-hydrogen) atoms. The summed E-state index contributed by atoms with van der Waals surface area (Å²) < 4.78 is 1.87. The first kappa shape index (κ1) is 18.0. The van der Waals surface area contributed by atoms with Gasteiger partial charge in [0.05, 0.1) is 16.0 Å². The van der Waals surface area contributed by atoms with Crippen molar-refractivity contribution in [2.45, 2.75) is 64.5 Å². The molecule has 0 radical (unpaired) electrons. The Morgan fingerprint density at radius 1 is 1.36 bits per heavy atom. The molecule has 1 saturated carbocycles. The first-order chi connectivity index (χ1) is 11.8. The van der Waals surface area contributed by atoms with E-state index in [1.54, 1.807) is 0 Å². The number of tetrazole rings is 1. The van der Waals surface area contributed by atoms with Gasteiger partial charge in [-0.25, -0.2) is 10.1 Å². The van der Waals surface area contributed by atoms with Gasteiger partial charge in [0.25, 0.3) is 5.91 Å². The highest BCUT2D eigenvalue weighted by atomic mass is 32.1. The summed E-state index contributed by atoms with van der Waals surface area (Å²) in [5.41, 5.74) is 5.52. The number of hydrazine groups is 1. The second kappa shape index (κ2) is 6.84. The molecule has 2 aromatic rings. The Morgan fingerprint density at radius 2 is 2.08 bits per heavy atom. The Kier molecular flexibility index (Phi) is 4.92. The van der Waals surface area contributed by atoms with Crippen LogP contribution >= 0.6 is 11.3 Å². The van der Waals surface area contributed by atoms with Gasteiger partial charge in [0.2, 0.25) is 0 Å². The predicted octanol–water partition coefficient (Wildman–Crippen LogP) is 2.83. The van der Waals surface area contributed by atoms with E-state index < -0.39 is 5.54 Å². The maximum atomic E-state index is 12.4. The van der Waals surface area contributed by atoms with Gasteiger partial charge in [0.1, 0.15) is 0 Å². The molecule has 0 spiro atoms. The van der Waals surface area contributed by atoms with E-state index in [1.165, 1.54) is 11.3 Å². The molecule has 1 amide bonds. The molecule has 2 heterocycles. The lowest BCUT2D eigenvalue weighted by Gasteiger charge is -2.40. The Labute approximate surface area is 152 Å². The molecule has 2 aromatic heterocycles. The zero-order valence-corrected chi connectivity index (χ0v) is 16.1. The first-order valence-electron chi connectivity index (χ1n) is 8.72. The highest BCUT2D eigenvalue weighted by Gasteiger charge is 2.42. The van der Waals surface area contributed by atoms with Crippen LogP contribution in [0.5, 0.6) is 0 Å². The molecule has 0 aliphatic heterocycles. The molecule has 3 rings (SSSR count). The Morgan fingerprint density at radius 3 is 2.68 bits per heavy atom. The molecule has 1 aliphatic carbocycles. The molecule has 0 saturated heterocycles. The summed E-state index contributed by atoms with van der Waals surface area (Å²) in [6.07, 6.45) is 3.91. The normalized spacial score (nSPS) is 24.2. The molecule has 0 bridgehead atoms. The molecular weight excluding hydrogens is 336 g/mol. The molecule has 2 N–H and O–H groups in total. The van der Waals surface area contributed by atoms with Gasteiger partial charge in [-0.3, -0.25) is 10.2 Å². The molecule has 7 nitrogen and oxygen atoms in total. The lowest BCUT2D eigenvalue weighted by Crippen LogP contribution is -2.55. The third-order valence-corrected chi connectivity index (χ3v) is 5.69. The highest BCUT2D eigenvalue weighted by Crippen LogP contribution is 2.39. The van der Waals surface area contributed by atoms with Crippen LogP contribution in [-0.4, -0.2) is 26.1 Å². The topological polar surface area (TPSA) is 84.7 Å². The van der Waals surface area contributed by atoms with Gasteiger partial charge in [-0.15, -0.1) is 16.4 Å². The van der Waals surface area contributed by atoms with Crippen LogP contribution in [0.25, 0.3) is 0 Å². The van der Waals surface area contributed by atoms with Gasteiger partial charge in [-0.2, -0.15) is 0 Å². The van der Waals surface area contributed by atoms with Gasteiger partial charge in [0, 0.05) is 0 Å². The maximum Gasteiger partial charge on any atom is 0.275 e. The minimum absolute atomic E-state index is 0.122. The fourth-order valence-electron chi connectivity index (χ4n) is 3.24. The largest absolute Gasteiger partial charge is 0.286 e. The molecular formula is C17H26N6OS. The second-order valence-electron chi connectivity index (χ2n) is 7.91. The van der Waals surface area contributed by atoms with E-state index in [-0.39, 0.29) is 11.4 Å². The SMILES string of the molecule is CC1CCC(NNC(=O)c2cccs2)(c2nnnn2C(C)(C)C)CC1. The summed E-state index contributed by atoms with van der Waals surface area (Å²) in [7, 11) is 0. The summed E-state index contributed by atoms with van der Waals surface area (Å²) in [4.78, 5) is 13.1. The standard InChI is InChI=1S/C17H26N6OS/c1-12-7-9-17(10-8-12,15-19-21-22-23(15)16(2,3)4)20-18-14(24)13-6-5-11-25-13/h5-6,11-12,20H,7-10H2,1-4H3,(H,18,24). The number of thiophene rings is 1. The smallest absolute Gasteiger partial charge is 0.275 e. The minimum atomic E-state index is -0.448. The molecule has 136 valence electrons. The number of nitrogens with one attached hydrogen (secondary N) is 2. The van der Waals surface area contributed by atoms with Gasteiger partial charge in [-0.1, -0.05) is 13.0 Å². The number of nitrogens with zero attached hydrogens (tertiary/aromatic N) is 4. The highest BCUT2D eigenvalue weighted by molar-refractivity contribution is 7.12. The van der Waals surface area contributed by atoms with Crippen LogP contribution in [0.4, 0.5) is 0 Å². The fraction of sp³-hybridized carbons (Fsp3) is 0.647. The number of amides is 1. The van der Waals surface area contributed by atoms with Gasteiger partial charge >= 0.3 is 0 Å². The first-order valence-corrected chi connectivity index (χ1v) is 9.60. The summed E-state index contributed by atoms with van der Waals surface area (Å²) in [6, 6.07) is 3.69. The van der Waals surface area contributed by atoms with Crippen molar-refractivity contribution in [1.29, 1.82) is 0 Å². The molecule has 0 unspecified atom stereocenters. The van der Waals surface area contributed by atoms with Crippen molar-refractivity contribution in [1.82, 2.24) is 31.1 Å². The Bertz CT molecular complexity index is 710. The van der Waals surface area contributed by atoms with Crippen LogP contribution in [0.3, 0.4) is 0 Å². The average molecular weight is 363 g/mol. The van der Waals surface area contributed by atoms with Crippen molar-refractivity contribution < 1.29 is 4.79 Å². The van der Waals surface area contributed by atoms with Crippen LogP contribution in [0.1, 0.15) is 68.9 Å². The van der Waals surface area contributed by atoms with Crippen LogP contribution < -0.4 is 10.9 Å². The third kappa shape index (κ3) is 3.74. The maximum absolute atomic E-state index is 12.4. The quantitative estimate of drug-likeness (QED) is 0.817. The second-order valence-corrected chi connectivity index (χ2v) is 8.85. The van der Waals surface area contributed by atoms with E-state index in [0.717, 1.165) is 31.5 Å². The van der Waals surface area contributed by atoms with Crippen molar-refractivity contribution in [3.8, 4) is 0 Å². The minimum Gasteiger partial charge on any atom is -0.286 e. The van der Waals surface area contributed by atoms with Crippen molar-refractivity contribution in [3.63, 3.8) is 0 Å². The zero-order chi connectivity index (χ0) is 18.1. The van der Waals surface area contributed by atoms with Crippen LogP contribution in [0.2, 0.25) is 0 Å². The van der Waals surface area contributed by atoms with Crippen molar-refractivity contribution in [2.75, 3.05) is 0 Å². The Hall–Kier alpha value is -1.80. The predicted molar refractivity (Wildman–Crippen MR) is 97.0 cm³/mol. The molecule has 0 aromatic carbocycles. The third-order valence-electron chi connectivity index (χ3n) is 4.82. The van der Waals surface area contributed by atoms with E-state index >= 15 is 0 Å². The summed E-state index contributed by atoms with van der Waals surface area (Å²) in [5, 5.41) is 14.4. The number of hydrogen-bond acceptors (Lipinski definition) is 6. The van der Waals surface area contributed by atoms with Gasteiger partial charge in [0.15, 0.2) is 5.82 Å². The number of carbonyl (C=O) groups is 1. The zero-order valence-electron chi connectivity index (χ0n) is 15.2. The van der Waals surface area contributed by atoms with Gasteiger partial charge < -0.3 is 0 Å². The van der Waals surface area contributed by atoms with Crippen LogP contribution in [0, 0.1) is 5.92 Å².